The molecule has 0 heterocycles. The Labute approximate surface area is 70.2 Å². The van der Waals surface area contributed by atoms with Crippen molar-refractivity contribution in [2.24, 2.45) is 0 Å². The number of hydrogen-bond acceptors (Lipinski definition) is 1. The van der Waals surface area contributed by atoms with Crippen LogP contribution in [0.1, 0.15) is 26.7 Å². The van der Waals surface area contributed by atoms with E-state index in [0.29, 0.717) is 12.1 Å². The van der Waals surface area contributed by atoms with Crippen molar-refractivity contribution < 1.29 is 0 Å². The van der Waals surface area contributed by atoms with Crippen LogP contribution in [0.5, 0.6) is 0 Å². The Morgan fingerprint density at radius 2 is 1.45 bits per heavy atom. The minimum absolute atomic E-state index is 0.429. The van der Waals surface area contributed by atoms with Crippen molar-refractivity contribution in [1.29, 1.82) is 0 Å². The maximum absolute atomic E-state index is 3.76. The highest BCUT2D eigenvalue weighted by molar-refractivity contribution is 4.92. The van der Waals surface area contributed by atoms with Crippen LogP contribution in [0.3, 0.4) is 0 Å². The molecular formula is C10H19N. The van der Waals surface area contributed by atoms with Crippen molar-refractivity contribution in [2.45, 2.75) is 38.8 Å². The fourth-order valence-electron chi connectivity index (χ4n) is 0.980. The first-order chi connectivity index (χ1) is 5.28. The zero-order chi connectivity index (χ0) is 8.69. The second-order valence-corrected chi connectivity index (χ2v) is 2.67. The smallest absolute Gasteiger partial charge is 0.0250 e. The summed E-state index contributed by atoms with van der Waals surface area (Å²) >= 11 is 0. The molecule has 64 valence electrons. The van der Waals surface area contributed by atoms with Gasteiger partial charge in [0.2, 0.25) is 0 Å². The molecule has 0 saturated heterocycles. The zero-order valence-corrected chi connectivity index (χ0v) is 7.64. The van der Waals surface area contributed by atoms with Crippen molar-refractivity contribution in [3.8, 4) is 0 Å². The predicted octanol–water partition coefficient (Wildman–Crippen LogP) is 2.51. The molecule has 0 aliphatic carbocycles. The SMILES string of the molecule is C=CC(CC)NC(C=C)CC. The summed E-state index contributed by atoms with van der Waals surface area (Å²) in [5, 5.41) is 3.42. The molecule has 1 nitrogen and oxygen atoms in total. The van der Waals surface area contributed by atoms with Gasteiger partial charge in [-0.3, -0.25) is 0 Å². The van der Waals surface area contributed by atoms with Gasteiger partial charge in [-0.15, -0.1) is 13.2 Å². The van der Waals surface area contributed by atoms with Crippen LogP contribution in [0.25, 0.3) is 0 Å². The van der Waals surface area contributed by atoms with E-state index < -0.39 is 0 Å². The summed E-state index contributed by atoms with van der Waals surface area (Å²) in [5.74, 6) is 0. The highest BCUT2D eigenvalue weighted by Crippen LogP contribution is 1.98. The fourth-order valence-corrected chi connectivity index (χ4v) is 0.980. The largest absolute Gasteiger partial charge is 0.304 e. The Hall–Kier alpha value is -0.560. The lowest BCUT2D eigenvalue weighted by atomic mass is 10.1. The van der Waals surface area contributed by atoms with Crippen LogP contribution >= 0.6 is 0 Å². The second-order valence-electron chi connectivity index (χ2n) is 2.67. The fraction of sp³-hybridized carbons (Fsp3) is 0.600. The second kappa shape index (κ2) is 6.17. The minimum Gasteiger partial charge on any atom is -0.304 e. The molecular weight excluding hydrogens is 134 g/mol. The number of rotatable bonds is 6. The van der Waals surface area contributed by atoms with Crippen LogP contribution in [0.15, 0.2) is 25.3 Å². The molecule has 0 spiro atoms. The zero-order valence-electron chi connectivity index (χ0n) is 7.64. The molecule has 0 aromatic heterocycles. The van der Waals surface area contributed by atoms with Gasteiger partial charge in [-0.1, -0.05) is 26.0 Å². The first kappa shape index (κ1) is 10.4. The Balaban J connectivity index is 3.76. The molecule has 1 N–H and O–H groups in total. The molecule has 0 rings (SSSR count). The molecule has 0 radical (unpaired) electrons. The molecule has 0 fully saturated rings. The molecule has 0 aliphatic heterocycles. The van der Waals surface area contributed by atoms with E-state index in [1.807, 2.05) is 12.2 Å². The maximum Gasteiger partial charge on any atom is 0.0250 e. The van der Waals surface area contributed by atoms with Gasteiger partial charge in [-0.2, -0.15) is 0 Å². The quantitative estimate of drug-likeness (QED) is 0.578. The minimum atomic E-state index is 0.429. The molecule has 0 aliphatic rings. The van der Waals surface area contributed by atoms with Gasteiger partial charge in [0.15, 0.2) is 0 Å². The van der Waals surface area contributed by atoms with Crippen LogP contribution in [0.4, 0.5) is 0 Å². The number of hydrogen-bond donors (Lipinski definition) is 1. The molecule has 0 aromatic rings. The molecule has 2 unspecified atom stereocenters. The Morgan fingerprint density at radius 1 is 1.09 bits per heavy atom. The Morgan fingerprint density at radius 3 is 1.64 bits per heavy atom. The number of nitrogens with one attached hydrogen (secondary N) is 1. The Kier molecular flexibility index (Phi) is 5.86. The van der Waals surface area contributed by atoms with Gasteiger partial charge in [-0.05, 0) is 12.8 Å². The third-order valence-corrected chi connectivity index (χ3v) is 1.88. The summed E-state index contributed by atoms with van der Waals surface area (Å²) in [6.07, 6.45) is 6.08. The van der Waals surface area contributed by atoms with Crippen LogP contribution in [-0.4, -0.2) is 12.1 Å². The summed E-state index contributed by atoms with van der Waals surface area (Å²) in [6, 6.07) is 0.857. The van der Waals surface area contributed by atoms with E-state index in [9.17, 15) is 0 Å². The highest BCUT2D eigenvalue weighted by atomic mass is 14.9. The monoisotopic (exact) mass is 153 g/mol. The molecule has 2 atom stereocenters. The lowest BCUT2D eigenvalue weighted by molar-refractivity contribution is 0.509. The highest BCUT2D eigenvalue weighted by Gasteiger charge is 2.04. The lowest BCUT2D eigenvalue weighted by Gasteiger charge is -2.18. The standard InChI is InChI=1S/C10H19N/c1-5-9(6-2)11-10(7-3)8-4/h5,7,9-11H,1,3,6,8H2,2,4H3. The van der Waals surface area contributed by atoms with E-state index in [2.05, 4.69) is 32.3 Å². The van der Waals surface area contributed by atoms with Crippen molar-refractivity contribution in [2.75, 3.05) is 0 Å². The van der Waals surface area contributed by atoms with E-state index in [1.54, 1.807) is 0 Å². The van der Waals surface area contributed by atoms with Crippen molar-refractivity contribution >= 4 is 0 Å². The summed E-state index contributed by atoms with van der Waals surface area (Å²) in [5.41, 5.74) is 0. The molecule has 0 aromatic carbocycles. The first-order valence-corrected chi connectivity index (χ1v) is 4.29. The van der Waals surface area contributed by atoms with Gasteiger partial charge in [0.1, 0.15) is 0 Å². The first-order valence-electron chi connectivity index (χ1n) is 4.29. The summed E-state index contributed by atoms with van der Waals surface area (Å²) in [7, 11) is 0. The molecule has 0 amide bonds. The van der Waals surface area contributed by atoms with Crippen LogP contribution in [-0.2, 0) is 0 Å². The third kappa shape index (κ3) is 3.99. The molecule has 0 bridgehead atoms. The van der Waals surface area contributed by atoms with Crippen molar-refractivity contribution in [3.63, 3.8) is 0 Å². The average Bonchev–Trinajstić information content (AvgIpc) is 2.07. The predicted molar refractivity (Wildman–Crippen MR) is 51.7 cm³/mol. The van der Waals surface area contributed by atoms with Gasteiger partial charge in [0, 0.05) is 12.1 Å². The van der Waals surface area contributed by atoms with Crippen LogP contribution < -0.4 is 5.32 Å². The van der Waals surface area contributed by atoms with Crippen LogP contribution in [0, 0.1) is 0 Å². The molecule has 1 heteroatoms. The van der Waals surface area contributed by atoms with E-state index in [0.717, 1.165) is 12.8 Å². The summed E-state index contributed by atoms with van der Waals surface area (Å²) in [4.78, 5) is 0. The normalized spacial score (nSPS) is 15.5. The van der Waals surface area contributed by atoms with Gasteiger partial charge in [-0.25, -0.2) is 0 Å². The van der Waals surface area contributed by atoms with Crippen molar-refractivity contribution in [1.82, 2.24) is 5.32 Å². The summed E-state index contributed by atoms with van der Waals surface area (Å²) in [6.45, 7) is 11.8. The molecule has 0 saturated carbocycles. The van der Waals surface area contributed by atoms with Crippen LogP contribution in [0.2, 0.25) is 0 Å². The van der Waals surface area contributed by atoms with E-state index in [1.165, 1.54) is 0 Å². The van der Waals surface area contributed by atoms with Gasteiger partial charge >= 0.3 is 0 Å². The van der Waals surface area contributed by atoms with E-state index in [-0.39, 0.29) is 0 Å². The van der Waals surface area contributed by atoms with Gasteiger partial charge in [0.05, 0.1) is 0 Å². The van der Waals surface area contributed by atoms with E-state index >= 15 is 0 Å². The molecule has 11 heavy (non-hydrogen) atoms. The average molecular weight is 153 g/mol. The van der Waals surface area contributed by atoms with Gasteiger partial charge < -0.3 is 5.32 Å². The third-order valence-electron chi connectivity index (χ3n) is 1.88. The Bertz CT molecular complexity index is 104. The van der Waals surface area contributed by atoms with E-state index in [4.69, 9.17) is 0 Å². The topological polar surface area (TPSA) is 12.0 Å². The lowest BCUT2D eigenvalue weighted by Crippen LogP contribution is -2.34. The summed E-state index contributed by atoms with van der Waals surface area (Å²) < 4.78 is 0. The maximum atomic E-state index is 3.76. The van der Waals surface area contributed by atoms with Gasteiger partial charge in [0.25, 0.3) is 0 Å². The van der Waals surface area contributed by atoms with Crippen molar-refractivity contribution in [3.05, 3.63) is 25.3 Å².